The van der Waals surface area contributed by atoms with Gasteiger partial charge in [-0.15, -0.1) is 0 Å². The molecule has 0 aliphatic carbocycles. The SMILES string of the molecule is Cc1ccccc1-n1ncc(C(=O)Nc2cccc(C(=O)N3CCCC3)c2C)c1C. The molecule has 2 amide bonds. The quantitative estimate of drug-likeness (QED) is 0.708. The molecule has 0 unspecified atom stereocenters. The monoisotopic (exact) mass is 402 g/mol. The molecule has 4 rings (SSSR count). The molecule has 0 spiro atoms. The van der Waals surface area contributed by atoms with Crippen molar-refractivity contribution in [1.29, 1.82) is 0 Å². The van der Waals surface area contributed by atoms with E-state index >= 15 is 0 Å². The lowest BCUT2D eigenvalue weighted by molar-refractivity contribution is 0.0791. The first-order chi connectivity index (χ1) is 14.5. The average molecular weight is 402 g/mol. The number of aromatic nitrogens is 2. The summed E-state index contributed by atoms with van der Waals surface area (Å²) < 4.78 is 1.78. The van der Waals surface area contributed by atoms with Crippen LogP contribution in [0.25, 0.3) is 5.69 Å². The van der Waals surface area contributed by atoms with Crippen LogP contribution in [0.1, 0.15) is 50.4 Å². The third-order valence-corrected chi connectivity index (χ3v) is 5.80. The molecule has 1 N–H and O–H groups in total. The minimum Gasteiger partial charge on any atom is -0.339 e. The highest BCUT2D eigenvalue weighted by Gasteiger charge is 2.23. The molecular formula is C24H26N4O2. The van der Waals surface area contributed by atoms with E-state index in [-0.39, 0.29) is 11.8 Å². The Kier molecular flexibility index (Phi) is 5.40. The molecule has 154 valence electrons. The Morgan fingerprint density at radius 3 is 2.40 bits per heavy atom. The van der Waals surface area contributed by atoms with Crippen molar-refractivity contribution in [2.75, 3.05) is 18.4 Å². The zero-order chi connectivity index (χ0) is 21.3. The maximum absolute atomic E-state index is 13.0. The Morgan fingerprint density at radius 2 is 1.67 bits per heavy atom. The summed E-state index contributed by atoms with van der Waals surface area (Å²) in [5, 5.41) is 7.39. The summed E-state index contributed by atoms with van der Waals surface area (Å²) >= 11 is 0. The molecular weight excluding hydrogens is 376 g/mol. The maximum atomic E-state index is 13.0. The number of hydrogen-bond acceptors (Lipinski definition) is 3. The number of carbonyl (C=O) groups excluding carboxylic acids is 2. The molecule has 2 aromatic carbocycles. The fraction of sp³-hybridized carbons (Fsp3) is 0.292. The zero-order valence-corrected chi connectivity index (χ0v) is 17.6. The second kappa shape index (κ2) is 8.14. The molecule has 2 heterocycles. The molecule has 1 aliphatic rings. The number of anilines is 1. The van der Waals surface area contributed by atoms with Crippen LogP contribution in [0.2, 0.25) is 0 Å². The first-order valence-corrected chi connectivity index (χ1v) is 10.3. The van der Waals surface area contributed by atoms with Crippen LogP contribution in [0.5, 0.6) is 0 Å². The molecule has 1 fully saturated rings. The minimum absolute atomic E-state index is 0.0321. The van der Waals surface area contributed by atoms with Gasteiger partial charge < -0.3 is 10.2 Å². The fourth-order valence-electron chi connectivity index (χ4n) is 3.96. The highest BCUT2D eigenvalue weighted by atomic mass is 16.2. The van der Waals surface area contributed by atoms with Gasteiger partial charge in [-0.3, -0.25) is 9.59 Å². The third kappa shape index (κ3) is 3.61. The van der Waals surface area contributed by atoms with Crippen molar-refractivity contribution in [1.82, 2.24) is 14.7 Å². The summed E-state index contributed by atoms with van der Waals surface area (Å²) in [4.78, 5) is 27.7. The van der Waals surface area contributed by atoms with Crippen molar-refractivity contribution < 1.29 is 9.59 Å². The number of hydrogen-bond donors (Lipinski definition) is 1. The number of carbonyl (C=O) groups is 2. The Balaban J connectivity index is 1.59. The van der Waals surface area contributed by atoms with Crippen LogP contribution in [-0.4, -0.2) is 39.6 Å². The second-order valence-corrected chi connectivity index (χ2v) is 7.77. The van der Waals surface area contributed by atoms with Crippen LogP contribution < -0.4 is 5.32 Å². The van der Waals surface area contributed by atoms with Gasteiger partial charge in [0.05, 0.1) is 23.1 Å². The van der Waals surface area contributed by atoms with Gasteiger partial charge in [0, 0.05) is 24.3 Å². The van der Waals surface area contributed by atoms with Gasteiger partial charge in [-0.25, -0.2) is 4.68 Å². The van der Waals surface area contributed by atoms with E-state index in [1.807, 2.05) is 68.1 Å². The van der Waals surface area contributed by atoms with Gasteiger partial charge in [0.2, 0.25) is 0 Å². The van der Waals surface area contributed by atoms with E-state index < -0.39 is 0 Å². The Labute approximate surface area is 176 Å². The molecule has 3 aromatic rings. The van der Waals surface area contributed by atoms with Gasteiger partial charge in [0.25, 0.3) is 11.8 Å². The molecule has 0 atom stereocenters. The number of nitrogens with one attached hydrogen (secondary N) is 1. The van der Waals surface area contributed by atoms with Crippen molar-refractivity contribution in [2.24, 2.45) is 0 Å². The maximum Gasteiger partial charge on any atom is 0.259 e. The zero-order valence-electron chi connectivity index (χ0n) is 17.6. The van der Waals surface area contributed by atoms with Crippen LogP contribution in [0.15, 0.2) is 48.7 Å². The van der Waals surface area contributed by atoms with Gasteiger partial charge in [0.1, 0.15) is 0 Å². The number of rotatable bonds is 4. The standard InChI is InChI=1S/C24H26N4O2/c1-16-9-4-5-12-22(16)28-18(3)20(15-25-28)23(29)26-21-11-8-10-19(17(21)2)24(30)27-13-6-7-14-27/h4-5,8-12,15H,6-7,13-14H2,1-3H3,(H,26,29). The van der Waals surface area contributed by atoms with E-state index in [1.165, 1.54) is 0 Å². The van der Waals surface area contributed by atoms with Crippen LogP contribution >= 0.6 is 0 Å². The summed E-state index contributed by atoms with van der Waals surface area (Å²) in [6.07, 6.45) is 3.68. The summed E-state index contributed by atoms with van der Waals surface area (Å²) in [5.41, 5.74) is 5.38. The van der Waals surface area contributed by atoms with E-state index in [0.717, 1.165) is 48.4 Å². The number of aryl methyl sites for hydroxylation is 1. The highest BCUT2D eigenvalue weighted by molar-refractivity contribution is 6.06. The van der Waals surface area contributed by atoms with Gasteiger partial charge in [-0.2, -0.15) is 5.10 Å². The Morgan fingerprint density at radius 1 is 0.933 bits per heavy atom. The average Bonchev–Trinajstić information content (AvgIpc) is 3.40. The molecule has 6 nitrogen and oxygen atoms in total. The van der Waals surface area contributed by atoms with Crippen molar-refractivity contribution in [3.05, 3.63) is 76.6 Å². The molecule has 6 heteroatoms. The van der Waals surface area contributed by atoms with Crippen LogP contribution in [-0.2, 0) is 0 Å². The largest absolute Gasteiger partial charge is 0.339 e. The molecule has 0 radical (unpaired) electrons. The van der Waals surface area contributed by atoms with Crippen LogP contribution in [0, 0.1) is 20.8 Å². The summed E-state index contributed by atoms with van der Waals surface area (Å²) in [6, 6.07) is 13.4. The van der Waals surface area contributed by atoms with Gasteiger partial charge >= 0.3 is 0 Å². The number of likely N-dealkylation sites (tertiary alicyclic amines) is 1. The molecule has 1 aliphatic heterocycles. The van der Waals surface area contributed by atoms with Crippen molar-refractivity contribution in [3.8, 4) is 5.69 Å². The lowest BCUT2D eigenvalue weighted by Crippen LogP contribution is -2.28. The fourth-order valence-corrected chi connectivity index (χ4v) is 3.96. The lowest BCUT2D eigenvalue weighted by atomic mass is 10.0. The van der Waals surface area contributed by atoms with Crippen LogP contribution in [0.3, 0.4) is 0 Å². The van der Waals surface area contributed by atoms with E-state index in [9.17, 15) is 9.59 Å². The highest BCUT2D eigenvalue weighted by Crippen LogP contribution is 2.24. The summed E-state index contributed by atoms with van der Waals surface area (Å²) in [7, 11) is 0. The predicted octanol–water partition coefficient (Wildman–Crippen LogP) is 4.29. The second-order valence-electron chi connectivity index (χ2n) is 7.77. The smallest absolute Gasteiger partial charge is 0.259 e. The topological polar surface area (TPSA) is 67.2 Å². The Bertz CT molecular complexity index is 1110. The lowest BCUT2D eigenvalue weighted by Gasteiger charge is -2.18. The molecule has 0 saturated carbocycles. The molecule has 0 bridgehead atoms. The van der Waals surface area contributed by atoms with Gasteiger partial charge in [-0.05, 0) is 62.9 Å². The van der Waals surface area contributed by atoms with E-state index in [2.05, 4.69) is 10.4 Å². The molecule has 1 aromatic heterocycles. The van der Waals surface area contributed by atoms with Gasteiger partial charge in [-0.1, -0.05) is 24.3 Å². The molecule has 30 heavy (non-hydrogen) atoms. The predicted molar refractivity (Wildman–Crippen MR) is 117 cm³/mol. The first kappa shape index (κ1) is 19.9. The minimum atomic E-state index is -0.235. The normalized spacial score (nSPS) is 13.5. The first-order valence-electron chi connectivity index (χ1n) is 10.3. The number of para-hydroxylation sites is 1. The van der Waals surface area contributed by atoms with E-state index in [4.69, 9.17) is 0 Å². The molecule has 1 saturated heterocycles. The number of amides is 2. The Hall–Kier alpha value is -3.41. The van der Waals surface area contributed by atoms with E-state index in [1.54, 1.807) is 10.9 Å². The number of benzene rings is 2. The summed E-state index contributed by atoms with van der Waals surface area (Å²) in [5.74, 6) is -0.203. The van der Waals surface area contributed by atoms with Crippen molar-refractivity contribution >= 4 is 17.5 Å². The van der Waals surface area contributed by atoms with Crippen molar-refractivity contribution in [2.45, 2.75) is 33.6 Å². The summed E-state index contributed by atoms with van der Waals surface area (Å²) in [6.45, 7) is 7.37. The van der Waals surface area contributed by atoms with Gasteiger partial charge in [0.15, 0.2) is 0 Å². The number of nitrogens with zero attached hydrogens (tertiary/aromatic N) is 3. The third-order valence-electron chi connectivity index (χ3n) is 5.80. The van der Waals surface area contributed by atoms with Crippen LogP contribution in [0.4, 0.5) is 5.69 Å². The van der Waals surface area contributed by atoms with Crippen molar-refractivity contribution in [3.63, 3.8) is 0 Å². The van der Waals surface area contributed by atoms with E-state index in [0.29, 0.717) is 16.8 Å².